The van der Waals surface area contributed by atoms with Crippen molar-refractivity contribution in [3.63, 3.8) is 0 Å². The highest BCUT2D eigenvalue weighted by Crippen LogP contribution is 2.26. The van der Waals surface area contributed by atoms with E-state index in [1.54, 1.807) is 11.9 Å². The van der Waals surface area contributed by atoms with Gasteiger partial charge in [0.2, 0.25) is 11.8 Å². The quantitative estimate of drug-likeness (QED) is 0.769. The number of para-hydroxylation sites is 1. The number of benzene rings is 1. The molecule has 5 heteroatoms. The van der Waals surface area contributed by atoms with Gasteiger partial charge < -0.3 is 10.6 Å². The number of rotatable bonds is 8. The Bertz CT molecular complexity index is 557. The lowest BCUT2D eigenvalue weighted by atomic mass is 9.97. The Hall–Kier alpha value is -1.88. The second kappa shape index (κ2) is 9.42. The van der Waals surface area contributed by atoms with E-state index in [0.717, 1.165) is 17.7 Å². The van der Waals surface area contributed by atoms with E-state index in [0.29, 0.717) is 5.92 Å². The molecule has 0 spiro atoms. The molecule has 0 aliphatic heterocycles. The van der Waals surface area contributed by atoms with E-state index in [9.17, 15) is 9.59 Å². The Kier molecular flexibility index (Phi) is 7.92. The molecule has 0 aromatic heterocycles. The molecule has 1 rings (SSSR count). The standard InChI is InChI=1S/C19H31N3O2/c1-7-14(4)16-10-8-9-11-17(16)21-19(24)15(5)22(6)12-18(23)20-13(2)3/h8-11,13-15H,7,12H2,1-6H3,(H,20,23)(H,21,24). The lowest BCUT2D eigenvalue weighted by molar-refractivity contribution is -0.125. The van der Waals surface area contributed by atoms with E-state index in [1.807, 2.05) is 45.0 Å². The van der Waals surface area contributed by atoms with Crippen molar-refractivity contribution in [1.29, 1.82) is 0 Å². The number of carbonyl (C=O) groups is 2. The van der Waals surface area contributed by atoms with Crippen LogP contribution < -0.4 is 10.6 Å². The zero-order valence-electron chi connectivity index (χ0n) is 15.7. The first-order chi connectivity index (χ1) is 11.3. The van der Waals surface area contributed by atoms with Crippen LogP contribution in [0.4, 0.5) is 5.69 Å². The van der Waals surface area contributed by atoms with Gasteiger partial charge in [-0.3, -0.25) is 14.5 Å². The van der Waals surface area contributed by atoms with Gasteiger partial charge in [0, 0.05) is 11.7 Å². The lowest BCUT2D eigenvalue weighted by Gasteiger charge is -2.25. The van der Waals surface area contributed by atoms with Crippen molar-refractivity contribution in [2.75, 3.05) is 18.9 Å². The van der Waals surface area contributed by atoms with Crippen molar-refractivity contribution in [3.8, 4) is 0 Å². The molecule has 0 fully saturated rings. The average molecular weight is 333 g/mol. The molecule has 5 nitrogen and oxygen atoms in total. The van der Waals surface area contributed by atoms with Gasteiger partial charge in [0.05, 0.1) is 12.6 Å². The number of hydrogen-bond donors (Lipinski definition) is 2. The predicted octanol–water partition coefficient (Wildman–Crippen LogP) is 2.98. The predicted molar refractivity (Wildman–Crippen MR) is 99.1 cm³/mol. The highest BCUT2D eigenvalue weighted by molar-refractivity contribution is 5.95. The Labute approximate surface area is 145 Å². The Morgan fingerprint density at radius 1 is 1.12 bits per heavy atom. The highest BCUT2D eigenvalue weighted by Gasteiger charge is 2.21. The van der Waals surface area contributed by atoms with Crippen molar-refractivity contribution >= 4 is 17.5 Å². The molecule has 0 aliphatic rings. The Morgan fingerprint density at radius 3 is 2.33 bits per heavy atom. The maximum absolute atomic E-state index is 12.5. The molecule has 0 saturated carbocycles. The number of nitrogens with zero attached hydrogens (tertiary/aromatic N) is 1. The van der Waals surface area contributed by atoms with Crippen LogP contribution in [0.3, 0.4) is 0 Å². The number of carbonyl (C=O) groups excluding carboxylic acids is 2. The Balaban J connectivity index is 2.72. The number of nitrogens with one attached hydrogen (secondary N) is 2. The van der Waals surface area contributed by atoms with E-state index >= 15 is 0 Å². The van der Waals surface area contributed by atoms with Crippen LogP contribution in [0.25, 0.3) is 0 Å². The first-order valence-electron chi connectivity index (χ1n) is 8.65. The molecule has 1 aromatic rings. The first kappa shape index (κ1) is 20.2. The first-order valence-corrected chi connectivity index (χ1v) is 8.65. The summed E-state index contributed by atoms with van der Waals surface area (Å²) in [6.45, 7) is 10.1. The zero-order chi connectivity index (χ0) is 18.3. The minimum Gasteiger partial charge on any atom is -0.353 e. The number of anilines is 1. The Morgan fingerprint density at radius 2 is 1.75 bits per heavy atom. The van der Waals surface area contributed by atoms with E-state index in [2.05, 4.69) is 24.5 Å². The number of hydrogen-bond acceptors (Lipinski definition) is 3. The summed E-state index contributed by atoms with van der Waals surface area (Å²) >= 11 is 0. The van der Waals surface area contributed by atoms with Crippen molar-refractivity contribution in [2.24, 2.45) is 0 Å². The monoisotopic (exact) mass is 333 g/mol. The largest absolute Gasteiger partial charge is 0.353 e. The van der Waals surface area contributed by atoms with Crippen LogP contribution in [0.15, 0.2) is 24.3 Å². The van der Waals surface area contributed by atoms with Crippen LogP contribution in [-0.2, 0) is 9.59 Å². The molecule has 0 heterocycles. The molecule has 134 valence electrons. The summed E-state index contributed by atoms with van der Waals surface area (Å²) in [5.74, 6) is 0.198. The van der Waals surface area contributed by atoms with Crippen molar-refractivity contribution in [3.05, 3.63) is 29.8 Å². The summed E-state index contributed by atoms with van der Waals surface area (Å²) in [4.78, 5) is 26.1. The van der Waals surface area contributed by atoms with Gasteiger partial charge in [-0.15, -0.1) is 0 Å². The maximum Gasteiger partial charge on any atom is 0.241 e. The van der Waals surface area contributed by atoms with E-state index in [4.69, 9.17) is 0 Å². The molecule has 0 bridgehead atoms. The molecule has 2 N–H and O–H groups in total. The van der Waals surface area contributed by atoms with E-state index in [-0.39, 0.29) is 24.4 Å². The van der Waals surface area contributed by atoms with Crippen LogP contribution >= 0.6 is 0 Å². The van der Waals surface area contributed by atoms with Crippen LogP contribution in [0.1, 0.15) is 52.5 Å². The molecule has 1 aromatic carbocycles. The molecular weight excluding hydrogens is 302 g/mol. The molecule has 2 unspecified atom stereocenters. The summed E-state index contributed by atoms with van der Waals surface area (Å²) in [5.41, 5.74) is 1.99. The second-order valence-corrected chi connectivity index (χ2v) is 6.70. The van der Waals surface area contributed by atoms with Gasteiger partial charge in [0.25, 0.3) is 0 Å². The molecule has 0 saturated heterocycles. The normalized spacial score (nSPS) is 13.7. The van der Waals surface area contributed by atoms with Gasteiger partial charge in [-0.25, -0.2) is 0 Å². The summed E-state index contributed by atoms with van der Waals surface area (Å²) in [6, 6.07) is 7.59. The average Bonchev–Trinajstić information content (AvgIpc) is 2.52. The van der Waals surface area contributed by atoms with Gasteiger partial charge >= 0.3 is 0 Å². The topological polar surface area (TPSA) is 61.4 Å². The van der Waals surface area contributed by atoms with E-state index < -0.39 is 6.04 Å². The number of likely N-dealkylation sites (N-methyl/N-ethyl adjacent to an activating group) is 1. The number of amides is 2. The van der Waals surface area contributed by atoms with Crippen molar-refractivity contribution in [2.45, 2.75) is 59.0 Å². The van der Waals surface area contributed by atoms with Crippen molar-refractivity contribution in [1.82, 2.24) is 10.2 Å². The minimum absolute atomic E-state index is 0.0767. The molecular formula is C19H31N3O2. The third-order valence-electron chi connectivity index (χ3n) is 4.25. The molecule has 0 radical (unpaired) electrons. The smallest absolute Gasteiger partial charge is 0.241 e. The lowest BCUT2D eigenvalue weighted by Crippen LogP contribution is -2.46. The highest BCUT2D eigenvalue weighted by atomic mass is 16.2. The second-order valence-electron chi connectivity index (χ2n) is 6.70. The summed E-state index contributed by atoms with van der Waals surface area (Å²) in [7, 11) is 1.78. The van der Waals surface area contributed by atoms with E-state index in [1.165, 1.54) is 0 Å². The molecule has 0 aliphatic carbocycles. The fourth-order valence-electron chi connectivity index (χ4n) is 2.43. The third kappa shape index (κ3) is 5.96. The fourth-order valence-corrected chi connectivity index (χ4v) is 2.43. The minimum atomic E-state index is -0.395. The van der Waals surface area contributed by atoms with Gasteiger partial charge in [-0.05, 0) is 51.8 Å². The SMILES string of the molecule is CCC(C)c1ccccc1NC(=O)C(C)N(C)CC(=O)NC(C)C. The van der Waals surface area contributed by atoms with Crippen LogP contribution in [-0.4, -0.2) is 42.4 Å². The van der Waals surface area contributed by atoms with Crippen molar-refractivity contribution < 1.29 is 9.59 Å². The van der Waals surface area contributed by atoms with Crippen LogP contribution in [0.2, 0.25) is 0 Å². The summed E-state index contributed by atoms with van der Waals surface area (Å²) in [6.07, 6.45) is 1.01. The summed E-state index contributed by atoms with van der Waals surface area (Å²) in [5, 5.41) is 5.84. The van der Waals surface area contributed by atoms with Crippen LogP contribution in [0.5, 0.6) is 0 Å². The summed E-state index contributed by atoms with van der Waals surface area (Å²) < 4.78 is 0. The molecule has 2 amide bonds. The zero-order valence-corrected chi connectivity index (χ0v) is 15.7. The van der Waals surface area contributed by atoms with Crippen LogP contribution in [0, 0.1) is 0 Å². The van der Waals surface area contributed by atoms with Gasteiger partial charge in [-0.2, -0.15) is 0 Å². The molecule has 24 heavy (non-hydrogen) atoms. The fraction of sp³-hybridized carbons (Fsp3) is 0.579. The third-order valence-corrected chi connectivity index (χ3v) is 4.25. The van der Waals surface area contributed by atoms with Gasteiger partial charge in [-0.1, -0.05) is 32.0 Å². The molecule has 2 atom stereocenters. The maximum atomic E-state index is 12.5. The van der Waals surface area contributed by atoms with Gasteiger partial charge in [0.15, 0.2) is 0 Å². The van der Waals surface area contributed by atoms with Gasteiger partial charge in [0.1, 0.15) is 0 Å².